The predicted octanol–water partition coefficient (Wildman–Crippen LogP) is 2.03. The average molecular weight is 171 g/mol. The molecule has 12 heavy (non-hydrogen) atoms. The van der Waals surface area contributed by atoms with Crippen LogP contribution >= 0.6 is 0 Å². The van der Waals surface area contributed by atoms with Crippen LogP contribution in [0.15, 0.2) is 0 Å². The molecule has 0 aromatic heterocycles. The normalized spacial score (nSPS) is 24.6. The number of amides is 1. The zero-order valence-corrected chi connectivity index (χ0v) is 7.79. The lowest BCUT2D eigenvalue weighted by Crippen LogP contribution is -2.40. The van der Waals surface area contributed by atoms with Gasteiger partial charge in [-0.2, -0.15) is 0 Å². The van der Waals surface area contributed by atoms with Crippen molar-refractivity contribution in [3.05, 3.63) is 0 Å². The molecule has 1 aliphatic rings. The van der Waals surface area contributed by atoms with Crippen molar-refractivity contribution in [3.63, 3.8) is 0 Å². The lowest BCUT2D eigenvalue weighted by molar-refractivity contribution is 0.110. The van der Waals surface area contributed by atoms with Gasteiger partial charge in [-0.05, 0) is 24.7 Å². The monoisotopic (exact) mass is 171 g/mol. The molecule has 3 heteroatoms. The van der Waals surface area contributed by atoms with Gasteiger partial charge in [0.2, 0.25) is 0 Å². The minimum atomic E-state index is -0.764. The van der Waals surface area contributed by atoms with E-state index < -0.39 is 6.09 Å². The Balaban J connectivity index is 2.46. The van der Waals surface area contributed by atoms with Gasteiger partial charge in [0.05, 0.1) is 0 Å². The fourth-order valence-electron chi connectivity index (χ4n) is 1.73. The molecule has 3 nitrogen and oxygen atoms in total. The van der Waals surface area contributed by atoms with Gasteiger partial charge >= 0.3 is 6.09 Å². The van der Waals surface area contributed by atoms with Gasteiger partial charge in [0, 0.05) is 13.1 Å². The van der Waals surface area contributed by atoms with Gasteiger partial charge in [-0.1, -0.05) is 13.8 Å². The fourth-order valence-corrected chi connectivity index (χ4v) is 1.73. The zero-order valence-electron chi connectivity index (χ0n) is 7.79. The summed E-state index contributed by atoms with van der Waals surface area (Å²) in [7, 11) is 0. The molecule has 1 unspecified atom stereocenters. The predicted molar refractivity (Wildman–Crippen MR) is 47.2 cm³/mol. The highest BCUT2D eigenvalue weighted by molar-refractivity contribution is 5.65. The molecule has 1 amide bonds. The molecule has 0 aliphatic carbocycles. The summed E-state index contributed by atoms with van der Waals surface area (Å²) >= 11 is 0. The molecule has 1 heterocycles. The highest BCUT2D eigenvalue weighted by Gasteiger charge is 2.24. The van der Waals surface area contributed by atoms with Crippen LogP contribution in [0, 0.1) is 11.8 Å². The third-order valence-corrected chi connectivity index (χ3v) is 2.67. The molecule has 0 aromatic carbocycles. The fraction of sp³-hybridized carbons (Fsp3) is 0.889. The van der Waals surface area contributed by atoms with E-state index in [4.69, 9.17) is 5.11 Å². The lowest BCUT2D eigenvalue weighted by Gasteiger charge is -2.32. The summed E-state index contributed by atoms with van der Waals surface area (Å²) < 4.78 is 0. The third-order valence-electron chi connectivity index (χ3n) is 2.67. The van der Waals surface area contributed by atoms with Gasteiger partial charge in [-0.15, -0.1) is 0 Å². The molecule has 0 saturated carbocycles. The number of hydrogen-bond donors (Lipinski definition) is 1. The Labute approximate surface area is 73.4 Å². The lowest BCUT2D eigenvalue weighted by atomic mass is 9.88. The average Bonchev–Trinajstić information content (AvgIpc) is 2.04. The standard InChI is InChI=1S/C9H17NO2/c1-7(2)8-4-3-5-10(6-8)9(11)12/h7-8H,3-6H2,1-2H3,(H,11,12). The largest absolute Gasteiger partial charge is 0.465 e. The van der Waals surface area contributed by atoms with Crippen molar-refractivity contribution in [2.75, 3.05) is 13.1 Å². The molecule has 1 aliphatic heterocycles. The third kappa shape index (κ3) is 2.13. The number of carbonyl (C=O) groups is 1. The van der Waals surface area contributed by atoms with Crippen LogP contribution in [0.2, 0.25) is 0 Å². The van der Waals surface area contributed by atoms with E-state index in [1.165, 1.54) is 11.3 Å². The van der Waals surface area contributed by atoms with E-state index in [9.17, 15) is 4.79 Å². The molecule has 0 bridgehead atoms. The Morgan fingerprint density at radius 3 is 2.75 bits per heavy atom. The Morgan fingerprint density at radius 2 is 2.25 bits per heavy atom. The van der Waals surface area contributed by atoms with Crippen LogP contribution in [0.3, 0.4) is 0 Å². The first-order valence-corrected chi connectivity index (χ1v) is 4.59. The highest BCUT2D eigenvalue weighted by atomic mass is 16.4. The second-order valence-electron chi connectivity index (χ2n) is 3.87. The van der Waals surface area contributed by atoms with Crippen molar-refractivity contribution < 1.29 is 9.90 Å². The summed E-state index contributed by atoms with van der Waals surface area (Å²) in [5.74, 6) is 1.17. The molecular weight excluding hydrogens is 154 g/mol. The first-order chi connectivity index (χ1) is 5.61. The minimum Gasteiger partial charge on any atom is -0.465 e. The van der Waals surface area contributed by atoms with Crippen molar-refractivity contribution in [1.82, 2.24) is 4.90 Å². The molecule has 1 rings (SSSR count). The smallest absolute Gasteiger partial charge is 0.407 e. The Bertz CT molecular complexity index is 168. The molecule has 1 saturated heterocycles. The zero-order chi connectivity index (χ0) is 9.14. The Hall–Kier alpha value is -0.730. The van der Waals surface area contributed by atoms with Crippen molar-refractivity contribution in [3.8, 4) is 0 Å². The van der Waals surface area contributed by atoms with Gasteiger partial charge in [0.15, 0.2) is 0 Å². The Kier molecular flexibility index (Phi) is 2.95. The second-order valence-corrected chi connectivity index (χ2v) is 3.87. The van der Waals surface area contributed by atoms with E-state index in [2.05, 4.69) is 13.8 Å². The van der Waals surface area contributed by atoms with Gasteiger partial charge < -0.3 is 10.0 Å². The van der Waals surface area contributed by atoms with Crippen LogP contribution in [0.25, 0.3) is 0 Å². The first-order valence-electron chi connectivity index (χ1n) is 4.59. The molecule has 0 spiro atoms. The van der Waals surface area contributed by atoms with Crippen molar-refractivity contribution in [1.29, 1.82) is 0 Å². The summed E-state index contributed by atoms with van der Waals surface area (Å²) in [5, 5.41) is 8.76. The summed E-state index contributed by atoms with van der Waals surface area (Å²) in [6.45, 7) is 5.78. The van der Waals surface area contributed by atoms with E-state index in [1.807, 2.05) is 0 Å². The van der Waals surface area contributed by atoms with Crippen molar-refractivity contribution in [2.24, 2.45) is 11.8 Å². The van der Waals surface area contributed by atoms with Crippen LogP contribution in [-0.2, 0) is 0 Å². The van der Waals surface area contributed by atoms with Crippen molar-refractivity contribution in [2.45, 2.75) is 26.7 Å². The molecule has 1 fully saturated rings. The highest BCUT2D eigenvalue weighted by Crippen LogP contribution is 2.23. The number of carboxylic acid groups (broad SMARTS) is 1. The maximum absolute atomic E-state index is 10.6. The van der Waals surface area contributed by atoms with Crippen LogP contribution in [-0.4, -0.2) is 29.2 Å². The van der Waals surface area contributed by atoms with Crippen LogP contribution in [0.4, 0.5) is 4.79 Å². The van der Waals surface area contributed by atoms with Crippen LogP contribution < -0.4 is 0 Å². The molecule has 0 aromatic rings. The molecule has 1 N–H and O–H groups in total. The van der Waals surface area contributed by atoms with E-state index in [1.54, 1.807) is 0 Å². The minimum absolute atomic E-state index is 0.565. The van der Waals surface area contributed by atoms with Crippen molar-refractivity contribution >= 4 is 6.09 Å². The topological polar surface area (TPSA) is 40.5 Å². The Morgan fingerprint density at radius 1 is 1.58 bits per heavy atom. The molecule has 70 valence electrons. The first kappa shape index (κ1) is 9.36. The number of nitrogens with zero attached hydrogens (tertiary/aromatic N) is 1. The van der Waals surface area contributed by atoms with E-state index >= 15 is 0 Å². The van der Waals surface area contributed by atoms with E-state index in [-0.39, 0.29) is 0 Å². The van der Waals surface area contributed by atoms with Gasteiger partial charge in [-0.25, -0.2) is 4.79 Å². The maximum atomic E-state index is 10.6. The molecule has 1 atom stereocenters. The number of rotatable bonds is 1. The van der Waals surface area contributed by atoms with Gasteiger partial charge in [0.1, 0.15) is 0 Å². The molecular formula is C9H17NO2. The van der Waals surface area contributed by atoms with Crippen LogP contribution in [0.1, 0.15) is 26.7 Å². The summed E-state index contributed by atoms with van der Waals surface area (Å²) in [6, 6.07) is 0. The maximum Gasteiger partial charge on any atom is 0.407 e. The summed E-state index contributed by atoms with van der Waals surface area (Å²) in [4.78, 5) is 12.2. The number of hydrogen-bond acceptors (Lipinski definition) is 1. The number of piperidine rings is 1. The quantitative estimate of drug-likeness (QED) is 0.655. The van der Waals surface area contributed by atoms with E-state index in [0.717, 1.165) is 19.5 Å². The number of likely N-dealkylation sites (tertiary alicyclic amines) is 1. The van der Waals surface area contributed by atoms with Gasteiger partial charge in [0.25, 0.3) is 0 Å². The van der Waals surface area contributed by atoms with E-state index in [0.29, 0.717) is 11.8 Å². The second kappa shape index (κ2) is 3.78. The van der Waals surface area contributed by atoms with Crippen LogP contribution in [0.5, 0.6) is 0 Å². The molecule has 0 radical (unpaired) electrons. The SMILES string of the molecule is CC(C)C1CCCN(C(=O)O)C1. The summed E-state index contributed by atoms with van der Waals surface area (Å²) in [5.41, 5.74) is 0. The summed E-state index contributed by atoms with van der Waals surface area (Å²) in [6.07, 6.45) is 1.44. The van der Waals surface area contributed by atoms with Gasteiger partial charge in [-0.3, -0.25) is 0 Å².